The number of nitrogens with two attached hydrogens (primary N) is 1. The summed E-state index contributed by atoms with van der Waals surface area (Å²) in [4.78, 5) is 11.7. The number of hydrogen-bond acceptors (Lipinski definition) is 2. The van der Waals surface area contributed by atoms with E-state index in [1.54, 1.807) is 0 Å². The molecule has 0 fully saturated rings. The summed E-state index contributed by atoms with van der Waals surface area (Å²) in [6.07, 6.45) is 0.460. The molecule has 3 N–H and O–H groups in total. The smallest absolute Gasteiger partial charge is 0.220 e. The van der Waals surface area contributed by atoms with Crippen molar-refractivity contribution in [3.63, 3.8) is 0 Å². The number of rotatable bonds is 5. The molecule has 1 aromatic rings. The highest BCUT2D eigenvalue weighted by Crippen LogP contribution is 2.17. The largest absolute Gasteiger partial charge is 0.350 e. The van der Waals surface area contributed by atoms with Crippen molar-refractivity contribution >= 4 is 17.5 Å². The Kier molecular flexibility index (Phi) is 5.45. The molecule has 0 aliphatic carbocycles. The van der Waals surface area contributed by atoms with E-state index in [2.05, 4.69) is 5.32 Å². The Bertz CT molecular complexity index is 381. The van der Waals surface area contributed by atoms with E-state index in [4.69, 9.17) is 17.3 Å². The van der Waals surface area contributed by atoms with E-state index in [0.29, 0.717) is 18.0 Å². The molecule has 0 aromatic heterocycles. The Hall–Kier alpha value is -1.06. The van der Waals surface area contributed by atoms with Gasteiger partial charge in [0, 0.05) is 11.4 Å². The summed E-state index contributed by atoms with van der Waals surface area (Å²) in [7, 11) is 0. The van der Waals surface area contributed by atoms with Gasteiger partial charge in [0.2, 0.25) is 5.91 Å². The average molecular weight is 255 g/mol. The SMILES string of the molecule is CC(CN)CC(=O)NC(C)c1cccc(Cl)c1. The molecule has 3 nitrogen and oxygen atoms in total. The number of nitrogens with one attached hydrogen (secondary N) is 1. The highest BCUT2D eigenvalue weighted by molar-refractivity contribution is 6.30. The van der Waals surface area contributed by atoms with Gasteiger partial charge in [0.25, 0.3) is 0 Å². The number of amides is 1. The summed E-state index contributed by atoms with van der Waals surface area (Å²) in [5, 5.41) is 3.62. The van der Waals surface area contributed by atoms with Gasteiger partial charge < -0.3 is 11.1 Å². The molecule has 94 valence electrons. The normalized spacial score (nSPS) is 14.1. The van der Waals surface area contributed by atoms with Gasteiger partial charge in [0.05, 0.1) is 6.04 Å². The van der Waals surface area contributed by atoms with E-state index < -0.39 is 0 Å². The molecule has 17 heavy (non-hydrogen) atoms. The fourth-order valence-electron chi connectivity index (χ4n) is 1.56. The maximum absolute atomic E-state index is 11.7. The lowest BCUT2D eigenvalue weighted by Crippen LogP contribution is -2.29. The van der Waals surface area contributed by atoms with Crippen LogP contribution in [0, 0.1) is 5.92 Å². The molecular weight excluding hydrogens is 236 g/mol. The minimum atomic E-state index is -0.0359. The fraction of sp³-hybridized carbons (Fsp3) is 0.462. The van der Waals surface area contributed by atoms with Gasteiger partial charge in [-0.2, -0.15) is 0 Å². The average Bonchev–Trinajstić information content (AvgIpc) is 2.28. The van der Waals surface area contributed by atoms with Gasteiger partial charge in [-0.15, -0.1) is 0 Å². The van der Waals surface area contributed by atoms with Crippen molar-refractivity contribution < 1.29 is 4.79 Å². The zero-order valence-electron chi connectivity index (χ0n) is 10.2. The predicted molar refractivity (Wildman–Crippen MR) is 70.8 cm³/mol. The molecule has 1 rings (SSSR count). The highest BCUT2D eigenvalue weighted by atomic mass is 35.5. The maximum atomic E-state index is 11.7. The third kappa shape index (κ3) is 4.75. The molecule has 4 heteroatoms. The molecule has 1 aromatic carbocycles. The first-order chi connectivity index (χ1) is 8.02. The van der Waals surface area contributed by atoms with E-state index in [1.165, 1.54) is 0 Å². The molecule has 0 spiro atoms. The van der Waals surface area contributed by atoms with E-state index in [1.807, 2.05) is 38.1 Å². The van der Waals surface area contributed by atoms with Gasteiger partial charge >= 0.3 is 0 Å². The molecule has 0 saturated heterocycles. The molecule has 0 aliphatic rings. The second kappa shape index (κ2) is 6.62. The summed E-state index contributed by atoms with van der Waals surface area (Å²) in [5.41, 5.74) is 6.49. The summed E-state index contributed by atoms with van der Waals surface area (Å²) in [6, 6.07) is 7.47. The Balaban J connectivity index is 2.54. The van der Waals surface area contributed by atoms with Crippen LogP contribution in [0.1, 0.15) is 31.9 Å². The summed E-state index contributed by atoms with van der Waals surface area (Å²) < 4.78 is 0. The molecular formula is C13H19ClN2O. The van der Waals surface area contributed by atoms with Crippen LogP contribution < -0.4 is 11.1 Å². The molecule has 0 saturated carbocycles. The van der Waals surface area contributed by atoms with Crippen LogP contribution in [0.3, 0.4) is 0 Å². The van der Waals surface area contributed by atoms with Crippen molar-refractivity contribution in [3.8, 4) is 0 Å². The van der Waals surface area contributed by atoms with Gasteiger partial charge in [-0.3, -0.25) is 4.79 Å². The predicted octanol–water partition coefficient (Wildman–Crippen LogP) is 2.50. The third-order valence-electron chi connectivity index (χ3n) is 2.66. The van der Waals surface area contributed by atoms with Crippen LogP contribution in [0.2, 0.25) is 5.02 Å². The van der Waals surface area contributed by atoms with Crippen molar-refractivity contribution in [1.29, 1.82) is 0 Å². The minimum Gasteiger partial charge on any atom is -0.350 e. The molecule has 1 amide bonds. The Morgan fingerprint density at radius 1 is 1.47 bits per heavy atom. The molecule has 0 radical (unpaired) electrons. The zero-order valence-corrected chi connectivity index (χ0v) is 11.0. The lowest BCUT2D eigenvalue weighted by Gasteiger charge is -2.16. The van der Waals surface area contributed by atoms with E-state index in [0.717, 1.165) is 5.56 Å². The number of hydrogen-bond donors (Lipinski definition) is 2. The fourth-order valence-corrected chi connectivity index (χ4v) is 1.76. The van der Waals surface area contributed by atoms with Crippen LogP contribution in [0.25, 0.3) is 0 Å². The van der Waals surface area contributed by atoms with Crippen LogP contribution in [0.4, 0.5) is 0 Å². The second-order valence-electron chi connectivity index (χ2n) is 4.39. The molecule has 0 heterocycles. The summed E-state index contributed by atoms with van der Waals surface area (Å²) in [6.45, 7) is 4.43. The summed E-state index contributed by atoms with van der Waals surface area (Å²) >= 11 is 5.90. The van der Waals surface area contributed by atoms with E-state index in [-0.39, 0.29) is 17.9 Å². The Morgan fingerprint density at radius 2 is 2.18 bits per heavy atom. The summed E-state index contributed by atoms with van der Waals surface area (Å²) in [5.74, 6) is 0.233. The maximum Gasteiger partial charge on any atom is 0.220 e. The first kappa shape index (κ1) is 14.0. The first-order valence-corrected chi connectivity index (χ1v) is 6.15. The van der Waals surface area contributed by atoms with Crippen molar-refractivity contribution in [2.24, 2.45) is 11.7 Å². The van der Waals surface area contributed by atoms with Crippen molar-refractivity contribution in [1.82, 2.24) is 5.32 Å². The van der Waals surface area contributed by atoms with E-state index >= 15 is 0 Å². The number of benzene rings is 1. The molecule has 2 unspecified atom stereocenters. The van der Waals surface area contributed by atoms with Crippen LogP contribution in [0.15, 0.2) is 24.3 Å². The second-order valence-corrected chi connectivity index (χ2v) is 4.83. The lowest BCUT2D eigenvalue weighted by atomic mass is 10.1. The molecule has 2 atom stereocenters. The van der Waals surface area contributed by atoms with Gasteiger partial charge in [-0.05, 0) is 37.1 Å². The topological polar surface area (TPSA) is 55.1 Å². The third-order valence-corrected chi connectivity index (χ3v) is 2.90. The van der Waals surface area contributed by atoms with Crippen molar-refractivity contribution in [3.05, 3.63) is 34.9 Å². The minimum absolute atomic E-state index is 0.0235. The monoisotopic (exact) mass is 254 g/mol. The Labute approximate surface area is 107 Å². The van der Waals surface area contributed by atoms with Crippen LogP contribution >= 0.6 is 11.6 Å². The molecule has 0 aliphatic heterocycles. The van der Waals surface area contributed by atoms with Crippen molar-refractivity contribution in [2.45, 2.75) is 26.3 Å². The Morgan fingerprint density at radius 3 is 2.76 bits per heavy atom. The van der Waals surface area contributed by atoms with E-state index in [9.17, 15) is 4.79 Å². The van der Waals surface area contributed by atoms with Gasteiger partial charge in [-0.1, -0.05) is 30.7 Å². The van der Waals surface area contributed by atoms with Gasteiger partial charge in [0.15, 0.2) is 0 Å². The van der Waals surface area contributed by atoms with Crippen molar-refractivity contribution in [2.75, 3.05) is 6.54 Å². The highest BCUT2D eigenvalue weighted by Gasteiger charge is 2.12. The lowest BCUT2D eigenvalue weighted by molar-refractivity contribution is -0.122. The van der Waals surface area contributed by atoms with Crippen LogP contribution in [0.5, 0.6) is 0 Å². The standard InChI is InChI=1S/C13H19ClN2O/c1-9(8-15)6-13(17)16-10(2)11-4-3-5-12(14)7-11/h3-5,7,9-10H,6,8,15H2,1-2H3,(H,16,17). The van der Waals surface area contributed by atoms with Crippen LogP contribution in [-0.4, -0.2) is 12.5 Å². The number of halogens is 1. The number of carbonyl (C=O) groups excluding carboxylic acids is 1. The zero-order chi connectivity index (χ0) is 12.8. The van der Waals surface area contributed by atoms with Gasteiger partial charge in [0.1, 0.15) is 0 Å². The number of carbonyl (C=O) groups is 1. The van der Waals surface area contributed by atoms with Crippen LogP contribution in [-0.2, 0) is 4.79 Å². The quantitative estimate of drug-likeness (QED) is 0.848. The van der Waals surface area contributed by atoms with Gasteiger partial charge in [-0.25, -0.2) is 0 Å². The first-order valence-electron chi connectivity index (χ1n) is 5.77. The molecule has 0 bridgehead atoms.